The van der Waals surface area contributed by atoms with E-state index in [1.54, 1.807) is 0 Å². The van der Waals surface area contributed by atoms with Crippen molar-refractivity contribution in [3.8, 4) is 0 Å². The van der Waals surface area contributed by atoms with E-state index in [9.17, 15) is 9.59 Å². The molecule has 0 aromatic carbocycles. The van der Waals surface area contributed by atoms with Gasteiger partial charge in [0.1, 0.15) is 6.04 Å². The first-order valence-corrected chi connectivity index (χ1v) is 8.33. The lowest BCUT2D eigenvalue weighted by Crippen LogP contribution is -2.45. The summed E-state index contributed by atoms with van der Waals surface area (Å²) in [6, 6.07) is -0.334. The van der Waals surface area contributed by atoms with Crippen LogP contribution in [-0.2, 0) is 9.59 Å². The highest BCUT2D eigenvalue weighted by Crippen LogP contribution is 2.15. The van der Waals surface area contributed by atoms with E-state index in [0.717, 1.165) is 19.4 Å². The van der Waals surface area contributed by atoms with Gasteiger partial charge in [-0.3, -0.25) is 9.59 Å². The second-order valence-electron chi connectivity index (χ2n) is 5.66. The summed E-state index contributed by atoms with van der Waals surface area (Å²) in [5.41, 5.74) is 0. The molecule has 1 N–H and O–H groups in total. The number of nitrogens with one attached hydrogen (secondary N) is 1. The zero-order chi connectivity index (χ0) is 14.4. The Balaban J connectivity index is 2.64. The van der Waals surface area contributed by atoms with E-state index in [2.05, 4.69) is 32.3 Å². The van der Waals surface area contributed by atoms with Gasteiger partial charge < -0.3 is 10.2 Å². The van der Waals surface area contributed by atoms with Crippen molar-refractivity contribution in [3.05, 3.63) is 0 Å². The average molecular weight is 286 g/mol. The van der Waals surface area contributed by atoms with E-state index in [1.165, 1.54) is 0 Å². The van der Waals surface area contributed by atoms with Gasteiger partial charge in [0.05, 0.1) is 0 Å². The van der Waals surface area contributed by atoms with E-state index in [4.69, 9.17) is 0 Å². The first-order valence-electron chi connectivity index (χ1n) is 7.05. The minimum atomic E-state index is -0.334. The molecule has 0 aliphatic carbocycles. The van der Waals surface area contributed by atoms with Crippen molar-refractivity contribution in [3.63, 3.8) is 0 Å². The molecule has 5 heteroatoms. The Labute approximate surface area is 120 Å². The topological polar surface area (TPSA) is 49.4 Å². The van der Waals surface area contributed by atoms with E-state index in [1.807, 2.05) is 16.7 Å². The maximum absolute atomic E-state index is 12.4. The van der Waals surface area contributed by atoms with Crippen LogP contribution < -0.4 is 5.32 Å². The monoisotopic (exact) mass is 286 g/mol. The van der Waals surface area contributed by atoms with Gasteiger partial charge in [-0.05, 0) is 25.0 Å². The first-order chi connectivity index (χ1) is 8.93. The fraction of sp³-hybridized carbons (Fsp3) is 0.857. The summed E-state index contributed by atoms with van der Waals surface area (Å²) in [6.45, 7) is 7.63. The van der Waals surface area contributed by atoms with Crippen LogP contribution in [0, 0.1) is 5.92 Å². The van der Waals surface area contributed by atoms with Crippen LogP contribution in [0.2, 0.25) is 0 Å². The minimum Gasteiger partial charge on any atom is -0.344 e. The summed E-state index contributed by atoms with van der Waals surface area (Å²) in [5, 5.41) is 3.40. The summed E-state index contributed by atoms with van der Waals surface area (Å²) < 4.78 is 0. The number of nitrogens with zero attached hydrogens (tertiary/aromatic N) is 1. The number of amides is 2. The van der Waals surface area contributed by atoms with Gasteiger partial charge in [-0.2, -0.15) is 11.8 Å². The minimum absolute atomic E-state index is 0.000542. The quantitative estimate of drug-likeness (QED) is 0.811. The van der Waals surface area contributed by atoms with Crippen molar-refractivity contribution in [2.24, 2.45) is 5.92 Å². The standard InChI is InChI=1S/C14H26N2O2S/c1-10(2)9-12-14(18)16(7-5-11(3)19-4)8-6-13(17)15-12/h10-12H,5-9H2,1-4H3,(H,15,17). The molecule has 1 aliphatic rings. The van der Waals surface area contributed by atoms with Gasteiger partial charge in [-0.15, -0.1) is 0 Å². The number of hydrogen-bond acceptors (Lipinski definition) is 3. The molecule has 4 nitrogen and oxygen atoms in total. The van der Waals surface area contributed by atoms with Gasteiger partial charge in [-0.25, -0.2) is 0 Å². The van der Waals surface area contributed by atoms with Crippen molar-refractivity contribution >= 4 is 23.6 Å². The number of carbonyl (C=O) groups is 2. The Morgan fingerprint density at radius 3 is 2.63 bits per heavy atom. The van der Waals surface area contributed by atoms with E-state index in [0.29, 0.717) is 24.1 Å². The summed E-state index contributed by atoms with van der Waals surface area (Å²) in [6.07, 6.45) is 4.21. The highest BCUT2D eigenvalue weighted by atomic mass is 32.2. The molecule has 0 bridgehead atoms. The average Bonchev–Trinajstić information content (AvgIpc) is 2.47. The predicted molar refractivity (Wildman–Crippen MR) is 80.2 cm³/mol. The molecule has 0 aromatic heterocycles. The van der Waals surface area contributed by atoms with Crippen LogP contribution in [0.25, 0.3) is 0 Å². The molecule has 110 valence electrons. The van der Waals surface area contributed by atoms with Crippen molar-refractivity contribution in [2.75, 3.05) is 19.3 Å². The van der Waals surface area contributed by atoms with Crippen molar-refractivity contribution in [1.82, 2.24) is 10.2 Å². The van der Waals surface area contributed by atoms with Crippen LogP contribution in [0.3, 0.4) is 0 Å². The molecule has 2 unspecified atom stereocenters. The third-order valence-corrected chi connectivity index (χ3v) is 4.51. The summed E-state index contributed by atoms with van der Waals surface area (Å²) >= 11 is 1.81. The SMILES string of the molecule is CSC(C)CCN1CCC(=O)NC(CC(C)C)C1=O. The molecule has 2 amide bonds. The van der Waals surface area contributed by atoms with Crippen molar-refractivity contribution in [2.45, 2.75) is 51.3 Å². The number of carbonyl (C=O) groups excluding carboxylic acids is 2. The molecule has 0 spiro atoms. The molecule has 0 saturated carbocycles. The van der Waals surface area contributed by atoms with E-state index < -0.39 is 0 Å². The Bertz CT molecular complexity index is 321. The zero-order valence-electron chi connectivity index (χ0n) is 12.4. The molecule has 0 aromatic rings. The van der Waals surface area contributed by atoms with E-state index in [-0.39, 0.29) is 17.9 Å². The highest BCUT2D eigenvalue weighted by Gasteiger charge is 2.30. The normalized spacial score (nSPS) is 22.4. The number of hydrogen-bond donors (Lipinski definition) is 1. The lowest BCUT2D eigenvalue weighted by Gasteiger charge is -2.25. The molecule has 1 rings (SSSR count). The van der Waals surface area contributed by atoms with Gasteiger partial charge in [0.2, 0.25) is 11.8 Å². The van der Waals surface area contributed by atoms with Crippen LogP contribution >= 0.6 is 11.8 Å². The fourth-order valence-electron chi connectivity index (χ4n) is 2.20. The Kier molecular flexibility index (Phi) is 6.69. The van der Waals surface area contributed by atoms with Crippen LogP contribution in [0.4, 0.5) is 0 Å². The van der Waals surface area contributed by atoms with Gasteiger partial charge in [0.25, 0.3) is 0 Å². The van der Waals surface area contributed by atoms with Gasteiger partial charge >= 0.3 is 0 Å². The molecule has 1 fully saturated rings. The number of thioether (sulfide) groups is 1. The second-order valence-corrected chi connectivity index (χ2v) is 6.94. The van der Waals surface area contributed by atoms with Gasteiger partial charge in [-0.1, -0.05) is 20.8 Å². The zero-order valence-corrected chi connectivity index (χ0v) is 13.3. The maximum Gasteiger partial charge on any atom is 0.245 e. The van der Waals surface area contributed by atoms with Crippen molar-refractivity contribution in [1.29, 1.82) is 0 Å². The van der Waals surface area contributed by atoms with Gasteiger partial charge in [0, 0.05) is 24.8 Å². The summed E-state index contributed by atoms with van der Waals surface area (Å²) in [5.74, 6) is 0.492. The van der Waals surface area contributed by atoms with Gasteiger partial charge in [0.15, 0.2) is 0 Å². The third-order valence-electron chi connectivity index (χ3n) is 3.47. The molecular formula is C14H26N2O2S. The van der Waals surface area contributed by atoms with Crippen LogP contribution in [0.5, 0.6) is 0 Å². The number of rotatable bonds is 6. The second kappa shape index (κ2) is 7.78. The Morgan fingerprint density at radius 2 is 2.05 bits per heavy atom. The lowest BCUT2D eigenvalue weighted by atomic mass is 10.0. The predicted octanol–water partition coefficient (Wildman–Crippen LogP) is 1.89. The smallest absolute Gasteiger partial charge is 0.245 e. The molecule has 0 radical (unpaired) electrons. The summed E-state index contributed by atoms with van der Waals surface area (Å²) in [7, 11) is 0. The Hall–Kier alpha value is -0.710. The van der Waals surface area contributed by atoms with Crippen LogP contribution in [0.15, 0.2) is 0 Å². The fourth-order valence-corrected chi connectivity index (χ4v) is 2.55. The van der Waals surface area contributed by atoms with Crippen molar-refractivity contribution < 1.29 is 9.59 Å². The van der Waals surface area contributed by atoms with Crippen LogP contribution in [0.1, 0.15) is 40.0 Å². The largest absolute Gasteiger partial charge is 0.344 e. The van der Waals surface area contributed by atoms with Crippen LogP contribution in [-0.4, -0.2) is 47.4 Å². The highest BCUT2D eigenvalue weighted by molar-refractivity contribution is 7.99. The molecule has 1 aliphatic heterocycles. The summed E-state index contributed by atoms with van der Waals surface area (Å²) in [4.78, 5) is 26.0. The Morgan fingerprint density at radius 1 is 1.37 bits per heavy atom. The third kappa shape index (κ3) is 5.43. The molecule has 1 heterocycles. The lowest BCUT2D eigenvalue weighted by molar-refractivity contribution is -0.134. The first kappa shape index (κ1) is 16.3. The molecule has 19 heavy (non-hydrogen) atoms. The molecule has 1 saturated heterocycles. The van der Waals surface area contributed by atoms with E-state index >= 15 is 0 Å². The molecule has 2 atom stereocenters. The maximum atomic E-state index is 12.4. The molecular weight excluding hydrogens is 260 g/mol.